The maximum absolute atomic E-state index is 12.3. The molecule has 2 heterocycles. The first-order valence-corrected chi connectivity index (χ1v) is 8.52. The molecule has 120 valence electrons. The Labute approximate surface area is 133 Å². The van der Waals surface area contributed by atoms with Crippen molar-refractivity contribution < 1.29 is 4.79 Å². The van der Waals surface area contributed by atoms with Gasteiger partial charge in [0, 0.05) is 19.6 Å². The molecule has 0 bridgehead atoms. The highest BCUT2D eigenvalue weighted by Gasteiger charge is 2.23. The zero-order valence-electron chi connectivity index (χ0n) is 13.5. The van der Waals surface area contributed by atoms with Crippen molar-refractivity contribution >= 4 is 5.91 Å². The Kier molecular flexibility index (Phi) is 5.11. The van der Waals surface area contributed by atoms with Crippen LogP contribution < -0.4 is 10.6 Å². The number of nitrogens with one attached hydrogen (secondary N) is 2. The molecule has 3 rings (SSSR count). The fraction of sp³-hybridized carbons (Fsp3) is 0.611. The number of rotatable bonds is 4. The topological polar surface area (TPSA) is 44.4 Å². The second kappa shape index (κ2) is 7.25. The van der Waals surface area contributed by atoms with Gasteiger partial charge in [0.15, 0.2) is 0 Å². The molecule has 4 nitrogen and oxygen atoms in total. The van der Waals surface area contributed by atoms with Gasteiger partial charge in [-0.25, -0.2) is 0 Å². The lowest BCUT2D eigenvalue weighted by Gasteiger charge is -2.30. The first-order valence-electron chi connectivity index (χ1n) is 8.52. The van der Waals surface area contributed by atoms with Gasteiger partial charge in [-0.3, -0.25) is 4.79 Å². The number of hydrogen-bond acceptors (Lipinski definition) is 3. The lowest BCUT2D eigenvalue weighted by atomic mass is 9.95. The highest BCUT2D eigenvalue weighted by molar-refractivity contribution is 5.82. The molecule has 2 aliphatic rings. The molecule has 2 aliphatic heterocycles. The van der Waals surface area contributed by atoms with Gasteiger partial charge in [0.05, 0.1) is 6.04 Å². The lowest BCUT2D eigenvalue weighted by Crippen LogP contribution is -2.49. The van der Waals surface area contributed by atoms with E-state index in [1.54, 1.807) is 0 Å². The van der Waals surface area contributed by atoms with Crippen LogP contribution in [0.25, 0.3) is 0 Å². The zero-order valence-corrected chi connectivity index (χ0v) is 13.5. The molecule has 1 fully saturated rings. The number of piperidine rings is 1. The molecule has 0 aliphatic carbocycles. The van der Waals surface area contributed by atoms with E-state index in [0.717, 1.165) is 32.0 Å². The third kappa shape index (κ3) is 3.87. The van der Waals surface area contributed by atoms with E-state index in [0.29, 0.717) is 0 Å². The van der Waals surface area contributed by atoms with Gasteiger partial charge in [-0.1, -0.05) is 31.2 Å². The van der Waals surface area contributed by atoms with Crippen LogP contribution >= 0.6 is 0 Å². The van der Waals surface area contributed by atoms with E-state index in [-0.39, 0.29) is 11.9 Å². The van der Waals surface area contributed by atoms with E-state index >= 15 is 0 Å². The zero-order chi connectivity index (χ0) is 15.4. The number of carbonyl (C=O) groups is 1. The Morgan fingerprint density at radius 2 is 2.00 bits per heavy atom. The molecule has 0 radical (unpaired) electrons. The average Bonchev–Trinajstić information content (AvgIpc) is 2.56. The maximum atomic E-state index is 12.3. The lowest BCUT2D eigenvalue weighted by molar-refractivity contribution is -0.123. The minimum atomic E-state index is -0.0868. The van der Waals surface area contributed by atoms with Crippen LogP contribution in [0.4, 0.5) is 0 Å². The highest BCUT2D eigenvalue weighted by Crippen LogP contribution is 2.17. The van der Waals surface area contributed by atoms with E-state index in [4.69, 9.17) is 0 Å². The van der Waals surface area contributed by atoms with Gasteiger partial charge in [-0.15, -0.1) is 0 Å². The van der Waals surface area contributed by atoms with E-state index in [1.807, 2.05) is 0 Å². The molecule has 1 aromatic carbocycles. The summed E-state index contributed by atoms with van der Waals surface area (Å²) in [7, 11) is 0. The van der Waals surface area contributed by atoms with Gasteiger partial charge in [0.25, 0.3) is 0 Å². The van der Waals surface area contributed by atoms with Gasteiger partial charge in [-0.2, -0.15) is 0 Å². The second-order valence-electron chi connectivity index (χ2n) is 6.72. The molecular weight excluding hydrogens is 274 g/mol. The van der Waals surface area contributed by atoms with Crippen LogP contribution in [0, 0.1) is 5.92 Å². The van der Waals surface area contributed by atoms with Crippen LogP contribution in [-0.2, 0) is 17.8 Å². The summed E-state index contributed by atoms with van der Waals surface area (Å²) in [5.74, 6) is 0.997. The van der Waals surface area contributed by atoms with Gasteiger partial charge in [0.1, 0.15) is 0 Å². The Bertz CT molecular complexity index is 509. The van der Waals surface area contributed by atoms with Gasteiger partial charge < -0.3 is 15.5 Å². The van der Waals surface area contributed by atoms with Crippen molar-refractivity contribution in [2.24, 2.45) is 5.92 Å². The summed E-state index contributed by atoms with van der Waals surface area (Å²) in [5.41, 5.74) is 2.61. The number of fused-ring (bicyclic) bond motifs is 1. The number of carbonyl (C=O) groups excluding carboxylic acids is 1. The minimum absolute atomic E-state index is 0.0868. The number of amides is 1. The van der Waals surface area contributed by atoms with Crippen molar-refractivity contribution in [1.29, 1.82) is 0 Å². The molecule has 1 amide bonds. The summed E-state index contributed by atoms with van der Waals surface area (Å²) in [6.07, 6.45) is 3.37. The molecular formula is C18H27N3O. The number of hydrogen-bond donors (Lipinski definition) is 2. The SMILES string of the molecule is CC1CCN(CCNC(=O)C2Cc3ccccc3CN2)CC1. The number of benzene rings is 1. The normalized spacial score (nSPS) is 23.0. The fourth-order valence-corrected chi connectivity index (χ4v) is 3.39. The molecule has 1 aromatic rings. The van der Waals surface area contributed by atoms with Gasteiger partial charge in [0.2, 0.25) is 5.91 Å². The van der Waals surface area contributed by atoms with Gasteiger partial charge in [-0.05, 0) is 49.4 Å². The van der Waals surface area contributed by atoms with Crippen molar-refractivity contribution in [3.05, 3.63) is 35.4 Å². The van der Waals surface area contributed by atoms with Crippen molar-refractivity contribution in [2.45, 2.75) is 38.8 Å². The highest BCUT2D eigenvalue weighted by atomic mass is 16.2. The Morgan fingerprint density at radius 1 is 1.27 bits per heavy atom. The van der Waals surface area contributed by atoms with Crippen molar-refractivity contribution in [1.82, 2.24) is 15.5 Å². The van der Waals surface area contributed by atoms with Crippen LogP contribution in [0.3, 0.4) is 0 Å². The van der Waals surface area contributed by atoms with Crippen LogP contribution in [0.2, 0.25) is 0 Å². The summed E-state index contributed by atoms with van der Waals surface area (Å²) in [4.78, 5) is 14.8. The molecule has 0 saturated carbocycles. The molecule has 4 heteroatoms. The molecule has 1 atom stereocenters. The molecule has 1 unspecified atom stereocenters. The monoisotopic (exact) mass is 301 g/mol. The molecule has 0 spiro atoms. The van der Waals surface area contributed by atoms with Crippen molar-refractivity contribution in [3.8, 4) is 0 Å². The summed E-state index contributed by atoms with van der Waals surface area (Å²) in [5, 5.41) is 6.44. The molecule has 2 N–H and O–H groups in total. The number of nitrogens with zero attached hydrogens (tertiary/aromatic N) is 1. The van der Waals surface area contributed by atoms with Crippen LogP contribution in [0.15, 0.2) is 24.3 Å². The first-order chi connectivity index (χ1) is 10.7. The molecule has 22 heavy (non-hydrogen) atoms. The Hall–Kier alpha value is -1.39. The predicted molar refractivity (Wildman–Crippen MR) is 88.6 cm³/mol. The molecule has 0 aromatic heterocycles. The quantitative estimate of drug-likeness (QED) is 0.887. The summed E-state index contributed by atoms with van der Waals surface area (Å²) in [6.45, 7) is 7.19. The van der Waals surface area contributed by atoms with Crippen molar-refractivity contribution in [2.75, 3.05) is 26.2 Å². The van der Waals surface area contributed by atoms with Crippen molar-refractivity contribution in [3.63, 3.8) is 0 Å². The fourth-order valence-electron chi connectivity index (χ4n) is 3.39. The Morgan fingerprint density at radius 3 is 2.77 bits per heavy atom. The Balaban J connectivity index is 1.41. The van der Waals surface area contributed by atoms with E-state index in [9.17, 15) is 4.79 Å². The van der Waals surface area contributed by atoms with Gasteiger partial charge >= 0.3 is 0 Å². The standard InChI is InChI=1S/C18H27N3O/c1-14-6-9-21(10-7-14)11-8-19-18(22)17-12-15-4-2-3-5-16(15)13-20-17/h2-5,14,17,20H,6-13H2,1H3,(H,19,22). The summed E-state index contributed by atoms with van der Waals surface area (Å²) in [6, 6.07) is 8.28. The second-order valence-corrected chi connectivity index (χ2v) is 6.72. The van der Waals surface area contributed by atoms with E-state index in [1.165, 1.54) is 37.1 Å². The summed E-state index contributed by atoms with van der Waals surface area (Å²) >= 11 is 0. The third-order valence-electron chi connectivity index (χ3n) is 5.00. The van der Waals surface area contributed by atoms with E-state index < -0.39 is 0 Å². The maximum Gasteiger partial charge on any atom is 0.237 e. The molecule has 1 saturated heterocycles. The number of likely N-dealkylation sites (tertiary alicyclic amines) is 1. The average molecular weight is 301 g/mol. The summed E-state index contributed by atoms with van der Waals surface area (Å²) < 4.78 is 0. The smallest absolute Gasteiger partial charge is 0.237 e. The van der Waals surface area contributed by atoms with Crippen LogP contribution in [0.1, 0.15) is 30.9 Å². The minimum Gasteiger partial charge on any atom is -0.353 e. The third-order valence-corrected chi connectivity index (χ3v) is 5.00. The van der Waals surface area contributed by atoms with Crippen LogP contribution in [0.5, 0.6) is 0 Å². The largest absolute Gasteiger partial charge is 0.353 e. The van der Waals surface area contributed by atoms with E-state index in [2.05, 4.69) is 46.7 Å². The predicted octanol–water partition coefficient (Wildman–Crippen LogP) is 1.55. The van der Waals surface area contributed by atoms with Crippen LogP contribution in [-0.4, -0.2) is 43.0 Å². The first kappa shape index (κ1) is 15.5.